The van der Waals surface area contributed by atoms with Gasteiger partial charge in [-0.25, -0.2) is 38.4 Å². The molecule has 0 aromatic heterocycles. The second kappa shape index (κ2) is 35.8. The minimum absolute atomic E-state index is 0.0390. The molecule has 0 radical (unpaired) electrons. The standard InChI is InChI=1S/C50H76N2O18/c1-11-39(53)63-31-47(17-7,32-64-40(54)12-2)27-61-29-49(19-9,35-67-43(57)15-5)37-69-45(59)51-25-23-21-22-24-26-52-46(60)70-38-50(20-10,36-68-44(58)16-6)30-62-28-48(18-8,33-65-41(55)13-3)34-66-42(56)14-4/h11-16H,1-6,17-38H2,7-10H3,(H,51,59)(H,52,60). The van der Waals surface area contributed by atoms with E-state index in [0.29, 0.717) is 51.4 Å². The minimum atomic E-state index is -0.986. The van der Waals surface area contributed by atoms with Gasteiger partial charge in [0.15, 0.2) is 0 Å². The Kier molecular flexibility index (Phi) is 32.6. The van der Waals surface area contributed by atoms with Crippen LogP contribution in [-0.4, -0.2) is 140 Å². The molecule has 0 rings (SSSR count). The van der Waals surface area contributed by atoms with Gasteiger partial charge in [0.25, 0.3) is 0 Å². The van der Waals surface area contributed by atoms with Crippen LogP contribution in [0.1, 0.15) is 79.1 Å². The predicted molar refractivity (Wildman–Crippen MR) is 257 cm³/mol. The van der Waals surface area contributed by atoms with Crippen LogP contribution in [0.4, 0.5) is 9.59 Å². The van der Waals surface area contributed by atoms with Crippen molar-refractivity contribution in [2.24, 2.45) is 21.7 Å². The summed E-state index contributed by atoms with van der Waals surface area (Å²) < 4.78 is 55.2. The van der Waals surface area contributed by atoms with E-state index < -0.39 is 69.7 Å². The number of rotatable bonds is 41. The van der Waals surface area contributed by atoms with Gasteiger partial charge in [-0.15, -0.1) is 0 Å². The van der Waals surface area contributed by atoms with Gasteiger partial charge >= 0.3 is 48.0 Å². The number of esters is 6. The van der Waals surface area contributed by atoms with Gasteiger partial charge in [0, 0.05) is 49.5 Å². The van der Waals surface area contributed by atoms with Crippen LogP contribution in [0, 0.1) is 21.7 Å². The van der Waals surface area contributed by atoms with Crippen molar-refractivity contribution in [3.8, 4) is 0 Å². The van der Waals surface area contributed by atoms with Crippen LogP contribution in [0.15, 0.2) is 75.9 Å². The van der Waals surface area contributed by atoms with Crippen LogP contribution in [-0.2, 0) is 76.1 Å². The van der Waals surface area contributed by atoms with Crippen molar-refractivity contribution in [1.82, 2.24) is 10.6 Å². The molecule has 2 unspecified atom stereocenters. The Morgan fingerprint density at radius 3 is 0.714 bits per heavy atom. The molecule has 0 aromatic rings. The van der Waals surface area contributed by atoms with Crippen LogP contribution in [0.5, 0.6) is 0 Å². The summed E-state index contributed by atoms with van der Waals surface area (Å²) in [6.07, 6.45) is 8.74. The summed E-state index contributed by atoms with van der Waals surface area (Å²) in [6, 6.07) is 0. The molecule has 0 saturated carbocycles. The first-order valence-electron chi connectivity index (χ1n) is 23.1. The van der Waals surface area contributed by atoms with Crippen molar-refractivity contribution in [3.05, 3.63) is 75.9 Å². The lowest BCUT2D eigenvalue weighted by Gasteiger charge is -2.35. The third kappa shape index (κ3) is 26.5. The summed E-state index contributed by atoms with van der Waals surface area (Å²) in [4.78, 5) is 97.1. The topological polar surface area (TPSA) is 253 Å². The molecule has 2 amide bonds. The number of carbonyl (C=O) groups excluding carboxylic acids is 8. The number of ether oxygens (including phenoxy) is 10. The Morgan fingerprint density at radius 2 is 0.529 bits per heavy atom. The molecule has 0 spiro atoms. The fraction of sp³-hybridized carbons (Fsp3) is 0.600. The van der Waals surface area contributed by atoms with E-state index in [4.69, 9.17) is 47.4 Å². The van der Waals surface area contributed by atoms with Crippen LogP contribution in [0.25, 0.3) is 0 Å². The molecule has 2 N–H and O–H groups in total. The zero-order valence-electron chi connectivity index (χ0n) is 41.6. The molecule has 0 aliphatic carbocycles. The average Bonchev–Trinajstić information content (AvgIpc) is 3.38. The Hall–Kier alpha value is -6.28. The molecule has 0 aliphatic heterocycles. The van der Waals surface area contributed by atoms with Crippen LogP contribution >= 0.6 is 0 Å². The maximum absolute atomic E-state index is 12.8. The molecule has 20 nitrogen and oxygen atoms in total. The first kappa shape index (κ1) is 63.7. The predicted octanol–water partition coefficient (Wildman–Crippen LogP) is 5.99. The smallest absolute Gasteiger partial charge is 0.407 e. The zero-order valence-corrected chi connectivity index (χ0v) is 41.6. The Labute approximate surface area is 412 Å². The van der Waals surface area contributed by atoms with Gasteiger partial charge in [-0.3, -0.25) is 0 Å². The fourth-order valence-electron chi connectivity index (χ4n) is 5.92. The molecule has 394 valence electrons. The largest absolute Gasteiger partial charge is 0.462 e. The normalized spacial score (nSPS) is 12.7. The molecule has 20 heteroatoms. The number of carbonyl (C=O) groups is 8. The molecule has 0 fully saturated rings. The van der Waals surface area contributed by atoms with Gasteiger partial charge in [-0.05, 0) is 38.5 Å². The highest BCUT2D eigenvalue weighted by Gasteiger charge is 2.38. The highest BCUT2D eigenvalue weighted by Crippen LogP contribution is 2.30. The molecular formula is C50H76N2O18. The van der Waals surface area contributed by atoms with Crippen LogP contribution in [0.3, 0.4) is 0 Å². The lowest BCUT2D eigenvalue weighted by atomic mass is 9.86. The third-order valence-electron chi connectivity index (χ3n) is 11.4. The first-order chi connectivity index (χ1) is 33.4. The van der Waals surface area contributed by atoms with Crippen molar-refractivity contribution < 1.29 is 85.7 Å². The zero-order chi connectivity index (χ0) is 52.9. The Balaban J connectivity index is 5.28. The van der Waals surface area contributed by atoms with Gasteiger partial charge in [-0.1, -0.05) is 80.0 Å². The van der Waals surface area contributed by atoms with Crippen LogP contribution in [0.2, 0.25) is 0 Å². The van der Waals surface area contributed by atoms with E-state index in [1.54, 1.807) is 0 Å². The molecular weight excluding hydrogens is 917 g/mol. The number of amides is 2. The van der Waals surface area contributed by atoms with Gasteiger partial charge in [0.2, 0.25) is 0 Å². The number of alkyl carbamates (subject to hydrolysis) is 2. The highest BCUT2D eigenvalue weighted by molar-refractivity contribution is 5.83. The van der Waals surface area contributed by atoms with Gasteiger partial charge < -0.3 is 58.0 Å². The summed E-state index contributed by atoms with van der Waals surface area (Å²) in [6.45, 7) is 26.8. The summed E-state index contributed by atoms with van der Waals surface area (Å²) in [7, 11) is 0. The van der Waals surface area contributed by atoms with E-state index in [9.17, 15) is 38.4 Å². The van der Waals surface area contributed by atoms with E-state index in [2.05, 4.69) is 50.1 Å². The van der Waals surface area contributed by atoms with Gasteiger partial charge in [-0.2, -0.15) is 0 Å². The van der Waals surface area contributed by atoms with Crippen molar-refractivity contribution in [2.75, 3.05) is 92.4 Å². The van der Waals surface area contributed by atoms with E-state index in [1.165, 1.54) is 0 Å². The molecule has 0 heterocycles. The van der Waals surface area contributed by atoms with Gasteiger partial charge in [0.1, 0.15) is 52.9 Å². The monoisotopic (exact) mass is 993 g/mol. The quantitative estimate of drug-likeness (QED) is 0.0309. The number of unbranched alkanes of at least 4 members (excludes halogenated alkanes) is 3. The number of nitrogens with one attached hydrogen (secondary N) is 2. The van der Waals surface area contributed by atoms with E-state index >= 15 is 0 Å². The average molecular weight is 993 g/mol. The lowest BCUT2D eigenvalue weighted by Crippen LogP contribution is -2.43. The second-order valence-electron chi connectivity index (χ2n) is 16.7. The maximum atomic E-state index is 12.8. The second-order valence-corrected chi connectivity index (χ2v) is 16.7. The Bertz CT molecular complexity index is 1570. The molecule has 0 aromatic carbocycles. The summed E-state index contributed by atoms with van der Waals surface area (Å²) in [5.74, 6) is -4.03. The van der Waals surface area contributed by atoms with E-state index in [-0.39, 0.29) is 92.4 Å². The third-order valence-corrected chi connectivity index (χ3v) is 11.4. The molecule has 0 aliphatic rings. The molecule has 0 saturated heterocycles. The molecule has 0 bridgehead atoms. The summed E-state index contributed by atoms with van der Waals surface area (Å²) >= 11 is 0. The van der Waals surface area contributed by atoms with Crippen molar-refractivity contribution in [1.29, 1.82) is 0 Å². The number of hydrogen-bond donors (Lipinski definition) is 2. The minimum Gasteiger partial charge on any atom is -0.462 e. The maximum Gasteiger partial charge on any atom is 0.407 e. The highest BCUT2D eigenvalue weighted by atomic mass is 16.6. The van der Waals surface area contributed by atoms with E-state index in [0.717, 1.165) is 36.5 Å². The molecule has 70 heavy (non-hydrogen) atoms. The Morgan fingerprint density at radius 1 is 0.329 bits per heavy atom. The van der Waals surface area contributed by atoms with E-state index in [1.807, 2.05) is 27.7 Å². The van der Waals surface area contributed by atoms with Crippen molar-refractivity contribution in [3.63, 3.8) is 0 Å². The molecule has 2 atom stereocenters. The fourth-order valence-corrected chi connectivity index (χ4v) is 5.92. The lowest BCUT2D eigenvalue weighted by molar-refractivity contribution is -0.157. The SMILES string of the molecule is C=CC(=O)OCC(CC)(COCC(CC)(COC(=O)C=C)COC(=O)NCCCCCCNC(=O)OCC(CC)(COCC(CC)(COC(=O)C=C)COC(=O)C=C)COC(=O)C=C)COC(=O)C=C. The summed E-state index contributed by atoms with van der Waals surface area (Å²) in [5, 5.41) is 5.41. The summed E-state index contributed by atoms with van der Waals surface area (Å²) in [5.41, 5.74) is -3.86. The van der Waals surface area contributed by atoms with Gasteiger partial charge in [0.05, 0.1) is 48.1 Å². The van der Waals surface area contributed by atoms with Crippen molar-refractivity contribution >= 4 is 48.0 Å². The van der Waals surface area contributed by atoms with Crippen molar-refractivity contribution in [2.45, 2.75) is 79.1 Å². The van der Waals surface area contributed by atoms with Crippen LogP contribution < -0.4 is 10.6 Å². The number of hydrogen-bond acceptors (Lipinski definition) is 18. The first-order valence-corrected chi connectivity index (χ1v) is 23.1.